The van der Waals surface area contributed by atoms with Crippen molar-refractivity contribution in [1.82, 2.24) is 0 Å². The van der Waals surface area contributed by atoms with E-state index in [-0.39, 0.29) is 0 Å². The first-order chi connectivity index (χ1) is 7.65. The van der Waals surface area contributed by atoms with Gasteiger partial charge in [-0.2, -0.15) is 0 Å². The highest BCUT2D eigenvalue weighted by molar-refractivity contribution is 5.15. The molecule has 2 atom stereocenters. The molecule has 1 rings (SSSR count). The number of benzene rings is 1. The molecule has 1 heteroatoms. The maximum atomic E-state index is 5.27. The number of hydrogen-bond donors (Lipinski definition) is 0. The highest BCUT2D eigenvalue weighted by Crippen LogP contribution is 2.25. The second-order valence-corrected chi connectivity index (χ2v) is 5.03. The average Bonchev–Trinajstić information content (AvgIpc) is 2.27. The van der Waals surface area contributed by atoms with Gasteiger partial charge in [0, 0.05) is 13.7 Å². The number of rotatable bonds is 6. The van der Waals surface area contributed by atoms with Crippen molar-refractivity contribution in [1.29, 1.82) is 0 Å². The third-order valence-corrected chi connectivity index (χ3v) is 3.33. The zero-order valence-corrected chi connectivity index (χ0v) is 10.9. The molecule has 0 radical (unpaired) electrons. The summed E-state index contributed by atoms with van der Waals surface area (Å²) in [7, 11) is 1.79. The van der Waals surface area contributed by atoms with Crippen molar-refractivity contribution < 1.29 is 4.74 Å². The van der Waals surface area contributed by atoms with Gasteiger partial charge in [0.2, 0.25) is 0 Å². The first kappa shape index (κ1) is 13.2. The molecule has 0 N–H and O–H groups in total. The standard InChI is InChI=1S/C15H24O/c1-12(2)15(13(3)11-16-4)10-14-8-6-5-7-9-14/h5-9,12-13,15H,10-11H2,1-4H3. The fraction of sp³-hybridized carbons (Fsp3) is 0.600. The van der Waals surface area contributed by atoms with E-state index in [0.717, 1.165) is 13.0 Å². The van der Waals surface area contributed by atoms with Crippen LogP contribution in [0.1, 0.15) is 26.3 Å². The monoisotopic (exact) mass is 220 g/mol. The van der Waals surface area contributed by atoms with Crippen LogP contribution in [0.2, 0.25) is 0 Å². The number of hydrogen-bond acceptors (Lipinski definition) is 1. The van der Waals surface area contributed by atoms with Gasteiger partial charge in [-0.3, -0.25) is 0 Å². The predicted octanol–water partition coefficient (Wildman–Crippen LogP) is 3.78. The molecule has 0 aromatic heterocycles. The van der Waals surface area contributed by atoms with Crippen LogP contribution < -0.4 is 0 Å². The van der Waals surface area contributed by atoms with Gasteiger partial charge in [0.25, 0.3) is 0 Å². The van der Waals surface area contributed by atoms with Crippen LogP contribution in [0.5, 0.6) is 0 Å². The molecule has 16 heavy (non-hydrogen) atoms. The van der Waals surface area contributed by atoms with Crippen molar-refractivity contribution in [2.75, 3.05) is 13.7 Å². The van der Waals surface area contributed by atoms with Gasteiger partial charge in [0.05, 0.1) is 0 Å². The second-order valence-electron chi connectivity index (χ2n) is 5.03. The normalized spacial score (nSPS) is 15.1. The molecular formula is C15H24O. The lowest BCUT2D eigenvalue weighted by atomic mass is 9.80. The lowest BCUT2D eigenvalue weighted by molar-refractivity contribution is 0.112. The number of ether oxygens (including phenoxy) is 1. The SMILES string of the molecule is COCC(C)C(Cc1ccccc1)C(C)C. The van der Waals surface area contributed by atoms with Crippen LogP contribution >= 0.6 is 0 Å². The van der Waals surface area contributed by atoms with E-state index >= 15 is 0 Å². The third kappa shape index (κ3) is 3.97. The summed E-state index contributed by atoms with van der Waals surface area (Å²) in [6.07, 6.45) is 1.16. The lowest BCUT2D eigenvalue weighted by Gasteiger charge is -2.27. The van der Waals surface area contributed by atoms with Crippen LogP contribution in [0.3, 0.4) is 0 Å². The van der Waals surface area contributed by atoms with E-state index in [1.54, 1.807) is 7.11 Å². The predicted molar refractivity (Wildman–Crippen MR) is 69.5 cm³/mol. The summed E-state index contributed by atoms with van der Waals surface area (Å²) < 4.78 is 5.27. The van der Waals surface area contributed by atoms with Crippen LogP contribution in [-0.2, 0) is 11.2 Å². The highest BCUT2D eigenvalue weighted by atomic mass is 16.5. The van der Waals surface area contributed by atoms with Gasteiger partial charge in [0.15, 0.2) is 0 Å². The molecule has 0 saturated heterocycles. The molecule has 2 unspecified atom stereocenters. The van der Waals surface area contributed by atoms with Crippen molar-refractivity contribution in [2.24, 2.45) is 17.8 Å². The molecule has 90 valence electrons. The fourth-order valence-electron chi connectivity index (χ4n) is 2.37. The molecular weight excluding hydrogens is 196 g/mol. The second kappa shape index (κ2) is 6.70. The van der Waals surface area contributed by atoms with Crippen molar-refractivity contribution in [3.8, 4) is 0 Å². The summed E-state index contributed by atoms with van der Waals surface area (Å²) in [5, 5.41) is 0. The maximum absolute atomic E-state index is 5.27. The summed E-state index contributed by atoms with van der Waals surface area (Å²) >= 11 is 0. The molecule has 0 saturated carbocycles. The molecule has 1 aromatic rings. The van der Waals surface area contributed by atoms with Gasteiger partial charge in [-0.1, -0.05) is 51.1 Å². The van der Waals surface area contributed by atoms with E-state index in [9.17, 15) is 0 Å². The third-order valence-electron chi connectivity index (χ3n) is 3.33. The van der Waals surface area contributed by atoms with E-state index in [1.165, 1.54) is 5.56 Å². The highest BCUT2D eigenvalue weighted by Gasteiger charge is 2.20. The Morgan fingerprint density at radius 1 is 1.06 bits per heavy atom. The minimum atomic E-state index is 0.616. The van der Waals surface area contributed by atoms with Gasteiger partial charge in [0.1, 0.15) is 0 Å². The summed E-state index contributed by atoms with van der Waals surface area (Å²) in [4.78, 5) is 0. The van der Waals surface area contributed by atoms with E-state index in [0.29, 0.717) is 17.8 Å². The Morgan fingerprint density at radius 2 is 1.69 bits per heavy atom. The summed E-state index contributed by atoms with van der Waals surface area (Å²) in [5.74, 6) is 2.01. The van der Waals surface area contributed by atoms with E-state index in [2.05, 4.69) is 51.1 Å². The van der Waals surface area contributed by atoms with Crippen LogP contribution in [0.4, 0.5) is 0 Å². The molecule has 0 spiro atoms. The molecule has 0 aliphatic heterocycles. The van der Waals surface area contributed by atoms with Crippen LogP contribution in [0.15, 0.2) is 30.3 Å². The molecule has 1 aromatic carbocycles. The van der Waals surface area contributed by atoms with Crippen molar-refractivity contribution in [3.05, 3.63) is 35.9 Å². The molecule has 0 bridgehead atoms. The Hall–Kier alpha value is -0.820. The number of methoxy groups -OCH3 is 1. The zero-order valence-electron chi connectivity index (χ0n) is 10.9. The molecule has 0 aliphatic rings. The van der Waals surface area contributed by atoms with E-state index in [4.69, 9.17) is 4.74 Å². The first-order valence-corrected chi connectivity index (χ1v) is 6.18. The fourth-order valence-corrected chi connectivity index (χ4v) is 2.37. The Balaban J connectivity index is 2.65. The van der Waals surface area contributed by atoms with Crippen molar-refractivity contribution >= 4 is 0 Å². The summed E-state index contributed by atoms with van der Waals surface area (Å²) in [5.41, 5.74) is 1.43. The largest absolute Gasteiger partial charge is 0.384 e. The van der Waals surface area contributed by atoms with Gasteiger partial charge in [-0.15, -0.1) is 0 Å². The Bertz CT molecular complexity index is 279. The molecule has 1 nitrogen and oxygen atoms in total. The smallest absolute Gasteiger partial charge is 0.0490 e. The maximum Gasteiger partial charge on any atom is 0.0490 e. The Labute approximate surface area is 99.8 Å². The molecule has 0 aliphatic carbocycles. The molecule has 0 heterocycles. The summed E-state index contributed by atoms with van der Waals surface area (Å²) in [6, 6.07) is 10.7. The molecule has 0 amide bonds. The van der Waals surface area contributed by atoms with Crippen LogP contribution in [0.25, 0.3) is 0 Å². The van der Waals surface area contributed by atoms with Crippen molar-refractivity contribution in [2.45, 2.75) is 27.2 Å². The average molecular weight is 220 g/mol. The minimum absolute atomic E-state index is 0.616. The topological polar surface area (TPSA) is 9.23 Å². The van der Waals surface area contributed by atoms with Gasteiger partial charge in [-0.05, 0) is 29.7 Å². The van der Waals surface area contributed by atoms with Gasteiger partial charge >= 0.3 is 0 Å². The van der Waals surface area contributed by atoms with Crippen LogP contribution in [-0.4, -0.2) is 13.7 Å². The van der Waals surface area contributed by atoms with Crippen LogP contribution in [0, 0.1) is 17.8 Å². The van der Waals surface area contributed by atoms with Crippen molar-refractivity contribution in [3.63, 3.8) is 0 Å². The zero-order chi connectivity index (χ0) is 12.0. The Morgan fingerprint density at radius 3 is 2.19 bits per heavy atom. The van der Waals surface area contributed by atoms with Gasteiger partial charge < -0.3 is 4.74 Å². The van der Waals surface area contributed by atoms with E-state index in [1.807, 2.05) is 0 Å². The van der Waals surface area contributed by atoms with Gasteiger partial charge in [-0.25, -0.2) is 0 Å². The first-order valence-electron chi connectivity index (χ1n) is 6.18. The molecule has 0 fully saturated rings. The lowest BCUT2D eigenvalue weighted by Crippen LogP contribution is -2.23. The Kier molecular flexibility index (Phi) is 5.54. The summed E-state index contributed by atoms with van der Waals surface area (Å²) in [6.45, 7) is 7.76. The quantitative estimate of drug-likeness (QED) is 0.709. The van der Waals surface area contributed by atoms with E-state index < -0.39 is 0 Å². The minimum Gasteiger partial charge on any atom is -0.384 e.